The van der Waals surface area contributed by atoms with Crippen molar-refractivity contribution in [3.8, 4) is 11.1 Å². The number of rotatable bonds is 4. The van der Waals surface area contributed by atoms with Gasteiger partial charge in [0.25, 0.3) is 10.0 Å². The molecule has 6 nitrogen and oxygen atoms in total. The number of nitrogens with zero attached hydrogens (tertiary/aromatic N) is 2. The SMILES string of the molecule is Nc1ncc(-c2cccc(NS(=O)(=O)c3ccccc3)c2)cn1. The van der Waals surface area contributed by atoms with Gasteiger partial charge in [-0.3, -0.25) is 4.72 Å². The van der Waals surface area contributed by atoms with Crippen LogP contribution in [0.4, 0.5) is 11.6 Å². The lowest BCUT2D eigenvalue weighted by molar-refractivity contribution is 0.601. The third-order valence-corrected chi connectivity index (χ3v) is 4.57. The minimum Gasteiger partial charge on any atom is -0.368 e. The molecule has 0 aliphatic rings. The predicted octanol–water partition coefficient (Wildman–Crippen LogP) is 2.53. The Balaban J connectivity index is 1.90. The van der Waals surface area contributed by atoms with Crippen molar-refractivity contribution in [1.82, 2.24) is 9.97 Å². The van der Waals surface area contributed by atoms with Crippen molar-refractivity contribution in [2.24, 2.45) is 0 Å². The third kappa shape index (κ3) is 3.46. The molecule has 0 unspecified atom stereocenters. The molecule has 0 aliphatic heterocycles. The van der Waals surface area contributed by atoms with Crippen LogP contribution in [0.2, 0.25) is 0 Å². The van der Waals surface area contributed by atoms with Crippen LogP contribution >= 0.6 is 0 Å². The largest absolute Gasteiger partial charge is 0.368 e. The number of anilines is 2. The van der Waals surface area contributed by atoms with Crippen molar-refractivity contribution in [3.63, 3.8) is 0 Å². The van der Waals surface area contributed by atoms with Gasteiger partial charge in [-0.1, -0.05) is 30.3 Å². The summed E-state index contributed by atoms with van der Waals surface area (Å²) in [6, 6.07) is 15.2. The first kappa shape index (κ1) is 15.0. The van der Waals surface area contributed by atoms with E-state index in [0.717, 1.165) is 11.1 Å². The molecule has 1 aromatic heterocycles. The maximum absolute atomic E-state index is 12.3. The van der Waals surface area contributed by atoms with Crippen LogP contribution in [0.15, 0.2) is 71.9 Å². The minimum atomic E-state index is -3.62. The fourth-order valence-corrected chi connectivity index (χ4v) is 3.13. The van der Waals surface area contributed by atoms with Gasteiger partial charge < -0.3 is 5.73 Å². The van der Waals surface area contributed by atoms with Crippen LogP contribution in [0.5, 0.6) is 0 Å². The van der Waals surface area contributed by atoms with E-state index in [4.69, 9.17) is 5.73 Å². The van der Waals surface area contributed by atoms with Crippen LogP contribution in [-0.2, 0) is 10.0 Å². The van der Waals surface area contributed by atoms with Crippen molar-refractivity contribution in [2.75, 3.05) is 10.5 Å². The summed E-state index contributed by atoms with van der Waals surface area (Å²) >= 11 is 0. The highest BCUT2D eigenvalue weighted by Crippen LogP contribution is 2.23. The Morgan fingerprint density at radius 1 is 0.870 bits per heavy atom. The zero-order valence-corrected chi connectivity index (χ0v) is 12.9. The van der Waals surface area contributed by atoms with Crippen LogP contribution in [0.25, 0.3) is 11.1 Å². The summed E-state index contributed by atoms with van der Waals surface area (Å²) in [6.07, 6.45) is 3.18. The number of hydrogen-bond donors (Lipinski definition) is 2. The molecule has 3 aromatic rings. The Morgan fingerprint density at radius 2 is 1.57 bits per heavy atom. The topological polar surface area (TPSA) is 98.0 Å². The molecule has 0 radical (unpaired) electrons. The van der Waals surface area contributed by atoms with Crippen LogP contribution < -0.4 is 10.5 Å². The summed E-state index contributed by atoms with van der Waals surface area (Å²) in [5.41, 5.74) is 7.47. The van der Waals surface area contributed by atoms with Gasteiger partial charge in [-0.25, -0.2) is 18.4 Å². The molecule has 23 heavy (non-hydrogen) atoms. The molecule has 3 N–H and O–H groups in total. The van der Waals surface area contributed by atoms with E-state index in [1.807, 2.05) is 6.07 Å². The second-order valence-electron chi connectivity index (χ2n) is 4.83. The number of aromatic nitrogens is 2. The average molecular weight is 326 g/mol. The molecule has 0 saturated carbocycles. The van der Waals surface area contributed by atoms with Crippen LogP contribution in [0.1, 0.15) is 0 Å². The fraction of sp³-hybridized carbons (Fsp3) is 0. The minimum absolute atomic E-state index is 0.190. The quantitative estimate of drug-likeness (QED) is 0.767. The first-order chi connectivity index (χ1) is 11.0. The van der Waals surface area contributed by atoms with Gasteiger partial charge in [-0.15, -0.1) is 0 Å². The van der Waals surface area contributed by atoms with Crippen molar-refractivity contribution in [3.05, 3.63) is 67.0 Å². The molecule has 1 heterocycles. The average Bonchev–Trinajstić information content (AvgIpc) is 2.56. The summed E-state index contributed by atoms with van der Waals surface area (Å²) in [5, 5.41) is 0. The summed E-state index contributed by atoms with van der Waals surface area (Å²) in [7, 11) is -3.62. The van der Waals surface area contributed by atoms with E-state index in [9.17, 15) is 8.42 Å². The van der Waals surface area contributed by atoms with Crippen molar-refractivity contribution >= 4 is 21.7 Å². The molecule has 0 spiro atoms. The Labute approximate surface area is 134 Å². The van der Waals surface area contributed by atoms with E-state index >= 15 is 0 Å². The highest BCUT2D eigenvalue weighted by Gasteiger charge is 2.13. The van der Waals surface area contributed by atoms with E-state index in [1.165, 1.54) is 0 Å². The van der Waals surface area contributed by atoms with Gasteiger partial charge in [-0.05, 0) is 29.8 Å². The summed E-state index contributed by atoms with van der Waals surface area (Å²) in [4.78, 5) is 8.08. The van der Waals surface area contributed by atoms with Gasteiger partial charge in [0.15, 0.2) is 0 Å². The van der Waals surface area contributed by atoms with E-state index in [-0.39, 0.29) is 10.8 Å². The molecule has 0 fully saturated rings. The molecule has 0 atom stereocenters. The summed E-state index contributed by atoms with van der Waals surface area (Å²) < 4.78 is 27.2. The highest BCUT2D eigenvalue weighted by molar-refractivity contribution is 7.92. The van der Waals surface area contributed by atoms with Gasteiger partial charge in [0, 0.05) is 23.6 Å². The normalized spacial score (nSPS) is 11.1. The van der Waals surface area contributed by atoms with Gasteiger partial charge >= 0.3 is 0 Å². The Bertz CT molecular complexity index is 910. The molecular weight excluding hydrogens is 312 g/mol. The molecule has 7 heteroatoms. The van der Waals surface area contributed by atoms with Crippen molar-refractivity contribution in [1.29, 1.82) is 0 Å². The number of nitrogen functional groups attached to an aromatic ring is 1. The molecule has 0 aliphatic carbocycles. The number of nitrogens with one attached hydrogen (secondary N) is 1. The molecule has 2 aromatic carbocycles. The number of benzene rings is 2. The number of hydrogen-bond acceptors (Lipinski definition) is 5. The number of nitrogens with two attached hydrogens (primary N) is 1. The monoisotopic (exact) mass is 326 g/mol. The smallest absolute Gasteiger partial charge is 0.261 e. The molecule has 0 saturated heterocycles. The fourth-order valence-electron chi connectivity index (χ4n) is 2.06. The lowest BCUT2D eigenvalue weighted by atomic mass is 10.1. The summed E-state index contributed by atoms with van der Waals surface area (Å²) in [6.45, 7) is 0. The first-order valence-electron chi connectivity index (χ1n) is 6.80. The van der Waals surface area contributed by atoms with Crippen LogP contribution in [0.3, 0.4) is 0 Å². The van der Waals surface area contributed by atoms with Gasteiger partial charge in [0.1, 0.15) is 0 Å². The lowest BCUT2D eigenvalue weighted by Gasteiger charge is -2.09. The van der Waals surface area contributed by atoms with E-state index in [2.05, 4.69) is 14.7 Å². The van der Waals surface area contributed by atoms with Crippen LogP contribution in [-0.4, -0.2) is 18.4 Å². The zero-order valence-electron chi connectivity index (χ0n) is 12.0. The Morgan fingerprint density at radius 3 is 2.26 bits per heavy atom. The number of sulfonamides is 1. The Hall–Kier alpha value is -2.93. The van der Waals surface area contributed by atoms with E-state index in [0.29, 0.717) is 5.69 Å². The predicted molar refractivity (Wildman–Crippen MR) is 89.1 cm³/mol. The first-order valence-corrected chi connectivity index (χ1v) is 8.29. The lowest BCUT2D eigenvalue weighted by Crippen LogP contribution is -2.12. The zero-order chi connectivity index (χ0) is 16.3. The van der Waals surface area contributed by atoms with E-state index < -0.39 is 10.0 Å². The standard InChI is InChI=1S/C16H14N4O2S/c17-16-18-10-13(11-19-16)12-5-4-6-14(9-12)20-23(21,22)15-7-2-1-3-8-15/h1-11,20H,(H2,17,18,19). The second-order valence-corrected chi connectivity index (χ2v) is 6.51. The highest BCUT2D eigenvalue weighted by atomic mass is 32.2. The molecule has 0 bridgehead atoms. The summed E-state index contributed by atoms with van der Waals surface area (Å²) in [5.74, 6) is 0.190. The van der Waals surface area contributed by atoms with Gasteiger partial charge in [-0.2, -0.15) is 0 Å². The maximum atomic E-state index is 12.3. The van der Waals surface area contributed by atoms with Crippen molar-refractivity contribution < 1.29 is 8.42 Å². The van der Waals surface area contributed by atoms with Gasteiger partial charge in [0.2, 0.25) is 5.95 Å². The molecular formula is C16H14N4O2S. The Kier molecular flexibility index (Phi) is 3.94. The van der Waals surface area contributed by atoms with Gasteiger partial charge in [0.05, 0.1) is 4.90 Å². The van der Waals surface area contributed by atoms with Crippen molar-refractivity contribution in [2.45, 2.75) is 4.90 Å². The van der Waals surface area contributed by atoms with Crippen LogP contribution in [0, 0.1) is 0 Å². The third-order valence-electron chi connectivity index (χ3n) is 3.17. The maximum Gasteiger partial charge on any atom is 0.261 e. The molecule has 3 rings (SSSR count). The van der Waals surface area contributed by atoms with E-state index in [1.54, 1.807) is 60.9 Å². The molecule has 116 valence electrons. The molecule has 0 amide bonds. The second kappa shape index (κ2) is 6.05.